The zero-order valence-electron chi connectivity index (χ0n) is 10.1. The molecule has 1 atom stereocenters. The second kappa shape index (κ2) is 5.49. The molecule has 4 nitrogen and oxygen atoms in total. The van der Waals surface area contributed by atoms with Gasteiger partial charge in [0.15, 0.2) is 8.32 Å². The van der Waals surface area contributed by atoms with Crippen molar-refractivity contribution in [2.75, 3.05) is 13.3 Å². The van der Waals surface area contributed by atoms with Crippen molar-refractivity contribution in [2.45, 2.75) is 44.9 Å². The quantitative estimate of drug-likeness (QED) is 0.309. The van der Waals surface area contributed by atoms with Crippen LogP contribution in [0.1, 0.15) is 20.8 Å². The first kappa shape index (κ1) is 14.4. The number of alkyl halides is 1. The van der Waals surface area contributed by atoms with Crippen molar-refractivity contribution in [3.05, 3.63) is 10.4 Å². The number of hydrogen-bond acceptors (Lipinski definition) is 2. The predicted octanol–water partition coefficient (Wildman–Crippen LogP) is 3.66. The maximum atomic E-state index is 12.4. The highest BCUT2D eigenvalue weighted by atomic mass is 28.4. The molecule has 0 aromatic heterocycles. The van der Waals surface area contributed by atoms with Gasteiger partial charge in [0.05, 0.1) is 6.04 Å². The Morgan fingerprint density at radius 3 is 2.33 bits per heavy atom. The number of halogens is 1. The Labute approximate surface area is 91.6 Å². The zero-order chi connectivity index (χ0) is 12.1. The summed E-state index contributed by atoms with van der Waals surface area (Å²) in [6, 6.07) is -0.691. The van der Waals surface area contributed by atoms with Crippen LogP contribution in [0, 0.1) is 0 Å². The van der Waals surface area contributed by atoms with Crippen LogP contribution in [0.25, 0.3) is 10.4 Å². The van der Waals surface area contributed by atoms with Crippen molar-refractivity contribution in [3.8, 4) is 0 Å². The summed E-state index contributed by atoms with van der Waals surface area (Å²) in [6.07, 6.45) is 0. The average molecular weight is 233 g/mol. The van der Waals surface area contributed by atoms with Crippen LogP contribution in [0.15, 0.2) is 5.11 Å². The lowest BCUT2D eigenvalue weighted by Crippen LogP contribution is -2.42. The highest BCUT2D eigenvalue weighted by Crippen LogP contribution is 2.36. The summed E-state index contributed by atoms with van der Waals surface area (Å²) in [5.41, 5.74) is 8.20. The van der Waals surface area contributed by atoms with Crippen molar-refractivity contribution >= 4 is 8.32 Å². The normalized spacial score (nSPS) is 14.5. The summed E-state index contributed by atoms with van der Waals surface area (Å²) in [5.74, 6) is 0. The molecule has 0 saturated heterocycles. The summed E-state index contributed by atoms with van der Waals surface area (Å²) in [6.45, 7) is 10.00. The minimum absolute atomic E-state index is 0.0875. The lowest BCUT2D eigenvalue weighted by Gasteiger charge is -2.36. The zero-order valence-corrected chi connectivity index (χ0v) is 11.1. The van der Waals surface area contributed by atoms with Gasteiger partial charge in [-0.2, -0.15) is 0 Å². The van der Waals surface area contributed by atoms with Crippen molar-refractivity contribution in [1.82, 2.24) is 0 Å². The molecular formula is C9H20FN3OSi. The minimum atomic E-state index is -1.86. The number of nitrogens with zero attached hydrogens (tertiary/aromatic N) is 3. The largest absolute Gasteiger partial charge is 0.416 e. The van der Waals surface area contributed by atoms with E-state index in [0.717, 1.165) is 0 Å². The summed E-state index contributed by atoms with van der Waals surface area (Å²) in [4.78, 5) is 2.59. The third-order valence-electron chi connectivity index (χ3n) is 2.84. The Morgan fingerprint density at radius 2 is 2.00 bits per heavy atom. The van der Waals surface area contributed by atoms with Crippen LogP contribution in [-0.2, 0) is 4.43 Å². The van der Waals surface area contributed by atoms with E-state index in [-0.39, 0.29) is 11.6 Å². The molecule has 0 radical (unpaired) electrons. The summed E-state index contributed by atoms with van der Waals surface area (Å²) in [5, 5.41) is 3.42. The SMILES string of the molecule is CC(C)(C)[Si](C)(C)OC[C@@H](CF)N=[N+]=[N-]. The van der Waals surface area contributed by atoms with Crippen molar-refractivity contribution in [3.63, 3.8) is 0 Å². The molecule has 0 rings (SSSR count). The van der Waals surface area contributed by atoms with Gasteiger partial charge in [-0.05, 0) is 23.7 Å². The Kier molecular flexibility index (Phi) is 5.27. The lowest BCUT2D eigenvalue weighted by molar-refractivity contribution is 0.241. The monoisotopic (exact) mass is 233 g/mol. The van der Waals surface area contributed by atoms with Gasteiger partial charge in [0, 0.05) is 11.5 Å². The van der Waals surface area contributed by atoms with Gasteiger partial charge in [-0.3, -0.25) is 4.39 Å². The number of hydrogen-bond donors (Lipinski definition) is 0. The first-order chi connectivity index (χ1) is 6.74. The van der Waals surface area contributed by atoms with Gasteiger partial charge >= 0.3 is 0 Å². The topological polar surface area (TPSA) is 58.0 Å². The molecule has 0 aliphatic carbocycles. The standard InChI is InChI=1S/C9H20FN3OSi/c1-9(2,3)15(4,5)14-7-8(6-10)12-13-11/h8H,6-7H2,1-5H3/t8-/m1/s1. The van der Waals surface area contributed by atoms with Crippen LogP contribution in [0.3, 0.4) is 0 Å². The molecule has 0 aliphatic rings. The van der Waals surface area contributed by atoms with E-state index in [9.17, 15) is 4.39 Å². The van der Waals surface area contributed by atoms with E-state index < -0.39 is 21.0 Å². The molecule has 0 heterocycles. The third kappa shape index (κ3) is 4.64. The van der Waals surface area contributed by atoms with Crippen LogP contribution < -0.4 is 0 Å². The van der Waals surface area contributed by atoms with Gasteiger partial charge < -0.3 is 4.43 Å². The van der Waals surface area contributed by atoms with Crippen LogP contribution in [0.4, 0.5) is 4.39 Å². The molecule has 0 N–H and O–H groups in total. The summed E-state index contributed by atoms with van der Waals surface area (Å²) in [7, 11) is -1.86. The molecule has 0 saturated carbocycles. The van der Waals surface area contributed by atoms with Gasteiger partial charge in [-0.25, -0.2) is 0 Å². The minimum Gasteiger partial charge on any atom is -0.416 e. The number of azide groups is 1. The fourth-order valence-electron chi connectivity index (χ4n) is 0.703. The first-order valence-corrected chi connectivity index (χ1v) is 7.89. The predicted molar refractivity (Wildman–Crippen MR) is 62.1 cm³/mol. The van der Waals surface area contributed by atoms with Crippen molar-refractivity contribution < 1.29 is 8.82 Å². The highest BCUT2D eigenvalue weighted by Gasteiger charge is 2.37. The van der Waals surface area contributed by atoms with E-state index in [4.69, 9.17) is 9.96 Å². The highest BCUT2D eigenvalue weighted by molar-refractivity contribution is 6.74. The molecule has 0 fully saturated rings. The molecule has 0 spiro atoms. The fourth-order valence-corrected chi connectivity index (χ4v) is 1.74. The molecule has 88 valence electrons. The molecule has 0 aliphatic heterocycles. The van der Waals surface area contributed by atoms with E-state index in [1.165, 1.54) is 0 Å². The Balaban J connectivity index is 4.30. The summed E-state index contributed by atoms with van der Waals surface area (Å²) < 4.78 is 18.1. The molecule has 0 amide bonds. The first-order valence-electron chi connectivity index (χ1n) is 4.98. The van der Waals surface area contributed by atoms with Crippen LogP contribution >= 0.6 is 0 Å². The molecule has 15 heavy (non-hydrogen) atoms. The van der Waals surface area contributed by atoms with E-state index in [1.54, 1.807) is 0 Å². The van der Waals surface area contributed by atoms with E-state index in [2.05, 4.69) is 43.9 Å². The van der Waals surface area contributed by atoms with Crippen LogP contribution in [0.5, 0.6) is 0 Å². The third-order valence-corrected chi connectivity index (χ3v) is 7.34. The van der Waals surface area contributed by atoms with Gasteiger partial charge in [0.25, 0.3) is 0 Å². The van der Waals surface area contributed by atoms with E-state index >= 15 is 0 Å². The van der Waals surface area contributed by atoms with Crippen LogP contribution in [0.2, 0.25) is 18.1 Å². The van der Waals surface area contributed by atoms with Crippen molar-refractivity contribution in [1.29, 1.82) is 0 Å². The molecule has 0 aromatic rings. The smallest absolute Gasteiger partial charge is 0.191 e. The fraction of sp³-hybridized carbons (Fsp3) is 1.00. The van der Waals surface area contributed by atoms with E-state index in [0.29, 0.717) is 0 Å². The van der Waals surface area contributed by atoms with Crippen LogP contribution in [-0.4, -0.2) is 27.6 Å². The molecule has 0 bridgehead atoms. The average Bonchev–Trinajstić information content (AvgIpc) is 2.10. The Morgan fingerprint density at radius 1 is 1.47 bits per heavy atom. The van der Waals surface area contributed by atoms with Gasteiger partial charge in [-0.15, -0.1) is 0 Å². The maximum absolute atomic E-state index is 12.4. The lowest BCUT2D eigenvalue weighted by atomic mass is 10.2. The van der Waals surface area contributed by atoms with Crippen molar-refractivity contribution in [2.24, 2.45) is 5.11 Å². The number of rotatable bonds is 5. The van der Waals surface area contributed by atoms with Gasteiger partial charge in [0.1, 0.15) is 6.67 Å². The second-order valence-corrected chi connectivity index (χ2v) is 9.89. The molecule has 6 heteroatoms. The second-order valence-electron chi connectivity index (χ2n) is 5.08. The van der Waals surface area contributed by atoms with Gasteiger partial charge in [0.2, 0.25) is 0 Å². The maximum Gasteiger partial charge on any atom is 0.191 e. The molecular weight excluding hydrogens is 213 g/mol. The van der Waals surface area contributed by atoms with Gasteiger partial charge in [-0.1, -0.05) is 25.9 Å². The van der Waals surface area contributed by atoms with E-state index in [1.807, 2.05) is 0 Å². The molecule has 0 aromatic carbocycles. The molecule has 0 unspecified atom stereocenters. The Hall–Kier alpha value is -0.583. The summed E-state index contributed by atoms with van der Waals surface area (Å²) >= 11 is 0. The Bertz CT molecular complexity index is 246.